The van der Waals surface area contributed by atoms with Gasteiger partial charge in [0.05, 0.1) is 19.4 Å². The van der Waals surface area contributed by atoms with Crippen LogP contribution >= 0.6 is 0 Å². The third kappa shape index (κ3) is 4.36. The van der Waals surface area contributed by atoms with E-state index < -0.39 is 0 Å². The topological polar surface area (TPSA) is 48.3 Å². The summed E-state index contributed by atoms with van der Waals surface area (Å²) < 4.78 is 6.62. The summed E-state index contributed by atoms with van der Waals surface area (Å²) in [6, 6.07) is 0. The Hall–Kier alpha value is -0.910. The fourth-order valence-electron chi connectivity index (χ4n) is 1.07. The highest BCUT2D eigenvalue weighted by atomic mass is 16.7. The van der Waals surface area contributed by atoms with Crippen molar-refractivity contribution in [1.82, 2.24) is 15.3 Å². The maximum Gasteiger partial charge on any atom is 0.0915 e. The maximum atomic E-state index is 5.10. The minimum atomic E-state index is 0.573. The van der Waals surface area contributed by atoms with Crippen LogP contribution in [0, 0.1) is 0 Å². The normalized spacial score (nSPS) is 10.7. The van der Waals surface area contributed by atoms with Crippen LogP contribution in [0.25, 0.3) is 0 Å². The summed E-state index contributed by atoms with van der Waals surface area (Å²) in [6.45, 7) is 1.97. The molecule has 0 aliphatic rings. The van der Waals surface area contributed by atoms with Gasteiger partial charge in [-0.15, -0.1) is 0 Å². The summed E-state index contributed by atoms with van der Waals surface area (Å²) in [6.07, 6.45) is 4.77. The fraction of sp³-hybridized carbons (Fsp3) is 0.667. The first-order chi connectivity index (χ1) is 6.83. The monoisotopic (exact) mass is 199 g/mol. The van der Waals surface area contributed by atoms with Crippen molar-refractivity contribution in [1.29, 1.82) is 0 Å². The van der Waals surface area contributed by atoms with Crippen LogP contribution in [0.15, 0.2) is 12.4 Å². The van der Waals surface area contributed by atoms with E-state index in [-0.39, 0.29) is 0 Å². The summed E-state index contributed by atoms with van der Waals surface area (Å²) in [4.78, 5) is 5.10. The van der Waals surface area contributed by atoms with E-state index in [4.69, 9.17) is 9.57 Å². The van der Waals surface area contributed by atoms with Crippen molar-refractivity contribution in [3.8, 4) is 0 Å². The lowest BCUT2D eigenvalue weighted by atomic mass is 10.3. The average molecular weight is 199 g/mol. The Labute approximate surface area is 84.0 Å². The van der Waals surface area contributed by atoms with Crippen LogP contribution in [0.1, 0.15) is 5.56 Å². The number of nitrogens with one attached hydrogen (secondary N) is 1. The Morgan fingerprint density at radius 1 is 1.50 bits per heavy atom. The average Bonchev–Trinajstić information content (AvgIpc) is 2.58. The highest BCUT2D eigenvalue weighted by Gasteiger charge is 1.95. The Morgan fingerprint density at radius 2 is 2.36 bits per heavy atom. The Bertz CT molecular complexity index is 250. The number of hydrogen-bond donors (Lipinski definition) is 1. The van der Waals surface area contributed by atoms with Crippen molar-refractivity contribution >= 4 is 0 Å². The molecule has 1 N–H and O–H groups in total. The molecule has 14 heavy (non-hydrogen) atoms. The lowest BCUT2D eigenvalue weighted by Crippen LogP contribution is -2.20. The summed E-state index contributed by atoms with van der Waals surface area (Å²) >= 11 is 0. The van der Waals surface area contributed by atoms with Crippen LogP contribution in [0.2, 0.25) is 0 Å². The van der Waals surface area contributed by atoms with Gasteiger partial charge in [0.2, 0.25) is 0 Å². The van der Waals surface area contributed by atoms with Gasteiger partial charge in [-0.2, -0.15) is 5.10 Å². The Morgan fingerprint density at radius 3 is 3.00 bits per heavy atom. The molecule has 0 aliphatic carbocycles. The zero-order valence-electron chi connectivity index (χ0n) is 8.69. The molecule has 0 aromatic carbocycles. The molecule has 5 heteroatoms. The third-order valence-corrected chi connectivity index (χ3v) is 1.77. The number of nitrogens with zero attached hydrogens (tertiary/aromatic N) is 2. The van der Waals surface area contributed by atoms with E-state index >= 15 is 0 Å². The smallest absolute Gasteiger partial charge is 0.0915 e. The number of ether oxygens (including phenoxy) is 1. The van der Waals surface area contributed by atoms with Crippen LogP contribution in [-0.4, -0.2) is 36.6 Å². The third-order valence-electron chi connectivity index (χ3n) is 1.77. The van der Waals surface area contributed by atoms with E-state index in [0.717, 1.165) is 13.0 Å². The highest BCUT2D eigenvalue weighted by Crippen LogP contribution is 1.95. The molecule has 0 spiro atoms. The van der Waals surface area contributed by atoms with E-state index in [0.29, 0.717) is 13.2 Å². The van der Waals surface area contributed by atoms with Gasteiger partial charge in [-0.1, -0.05) is 0 Å². The van der Waals surface area contributed by atoms with Crippen LogP contribution < -0.4 is 5.48 Å². The van der Waals surface area contributed by atoms with E-state index in [9.17, 15) is 0 Å². The second-order valence-corrected chi connectivity index (χ2v) is 3.01. The van der Waals surface area contributed by atoms with Crippen molar-refractivity contribution in [3.05, 3.63) is 18.0 Å². The molecule has 0 aliphatic heterocycles. The summed E-state index contributed by atoms with van der Waals surface area (Å²) in [5.41, 5.74) is 4.06. The van der Waals surface area contributed by atoms with E-state index in [1.54, 1.807) is 11.8 Å². The molecule has 5 nitrogen and oxygen atoms in total. The number of rotatable bonds is 7. The summed E-state index contributed by atoms with van der Waals surface area (Å²) in [5, 5.41) is 4.07. The summed E-state index contributed by atoms with van der Waals surface area (Å²) in [7, 11) is 3.56. The van der Waals surface area contributed by atoms with Crippen molar-refractivity contribution in [2.75, 3.05) is 26.9 Å². The fourth-order valence-corrected chi connectivity index (χ4v) is 1.07. The van der Waals surface area contributed by atoms with Crippen molar-refractivity contribution in [2.45, 2.75) is 6.42 Å². The molecule has 1 heterocycles. The molecule has 0 amide bonds. The summed E-state index contributed by atoms with van der Waals surface area (Å²) in [5.74, 6) is 0. The van der Waals surface area contributed by atoms with Gasteiger partial charge >= 0.3 is 0 Å². The minimum absolute atomic E-state index is 0.573. The Kier molecular flexibility index (Phi) is 5.21. The molecule has 0 bridgehead atoms. The van der Waals surface area contributed by atoms with Gasteiger partial charge in [0.15, 0.2) is 0 Å². The van der Waals surface area contributed by atoms with Crippen LogP contribution in [0.4, 0.5) is 0 Å². The highest BCUT2D eigenvalue weighted by molar-refractivity contribution is 5.03. The molecule has 0 saturated carbocycles. The lowest BCUT2D eigenvalue weighted by Gasteiger charge is -2.03. The SMILES string of the molecule is COCCONCCc1cnn(C)c1. The van der Waals surface area contributed by atoms with E-state index in [2.05, 4.69) is 10.6 Å². The minimum Gasteiger partial charge on any atom is -0.382 e. The quantitative estimate of drug-likeness (QED) is 0.501. The van der Waals surface area contributed by atoms with Crippen LogP contribution in [0.3, 0.4) is 0 Å². The van der Waals surface area contributed by atoms with Crippen molar-refractivity contribution in [3.63, 3.8) is 0 Å². The van der Waals surface area contributed by atoms with E-state index in [1.165, 1.54) is 5.56 Å². The van der Waals surface area contributed by atoms with Crippen molar-refractivity contribution < 1.29 is 9.57 Å². The largest absolute Gasteiger partial charge is 0.382 e. The second kappa shape index (κ2) is 6.53. The van der Waals surface area contributed by atoms with Gasteiger partial charge < -0.3 is 4.74 Å². The zero-order chi connectivity index (χ0) is 10.2. The first-order valence-corrected chi connectivity index (χ1v) is 4.64. The number of hydrogen-bond acceptors (Lipinski definition) is 4. The first-order valence-electron chi connectivity index (χ1n) is 4.64. The van der Waals surface area contributed by atoms with Gasteiger partial charge in [-0.25, -0.2) is 5.48 Å². The van der Waals surface area contributed by atoms with Gasteiger partial charge in [-0.3, -0.25) is 9.52 Å². The molecular formula is C9H17N3O2. The predicted octanol–water partition coefficient (Wildman–Crippen LogP) is 0.130. The number of aryl methyl sites for hydroxylation is 1. The number of methoxy groups -OCH3 is 1. The standard InChI is InChI=1S/C9H17N3O2/c1-12-8-9(7-10-12)3-4-11-14-6-5-13-2/h7-8,11H,3-6H2,1-2H3. The van der Waals surface area contributed by atoms with Crippen LogP contribution in [0.5, 0.6) is 0 Å². The Balaban J connectivity index is 1.99. The zero-order valence-corrected chi connectivity index (χ0v) is 8.69. The van der Waals surface area contributed by atoms with Gasteiger partial charge in [0.1, 0.15) is 0 Å². The van der Waals surface area contributed by atoms with E-state index in [1.807, 2.05) is 19.4 Å². The number of hydroxylamine groups is 1. The maximum absolute atomic E-state index is 5.10. The molecule has 0 fully saturated rings. The van der Waals surface area contributed by atoms with Gasteiger partial charge in [0.25, 0.3) is 0 Å². The molecule has 1 aromatic rings. The molecular weight excluding hydrogens is 182 g/mol. The predicted molar refractivity (Wildman–Crippen MR) is 52.7 cm³/mol. The molecule has 80 valence electrons. The second-order valence-electron chi connectivity index (χ2n) is 3.01. The molecule has 0 unspecified atom stereocenters. The van der Waals surface area contributed by atoms with Crippen molar-refractivity contribution in [2.24, 2.45) is 7.05 Å². The number of aromatic nitrogens is 2. The molecule has 1 rings (SSSR count). The van der Waals surface area contributed by atoms with Crippen LogP contribution in [-0.2, 0) is 23.0 Å². The molecule has 1 aromatic heterocycles. The first kappa shape index (κ1) is 11.2. The molecule has 0 saturated heterocycles. The molecule has 0 atom stereocenters. The van der Waals surface area contributed by atoms with Gasteiger partial charge in [0, 0.05) is 26.9 Å². The molecule has 0 radical (unpaired) electrons. The lowest BCUT2D eigenvalue weighted by molar-refractivity contribution is 0.00759. The van der Waals surface area contributed by atoms with Gasteiger partial charge in [-0.05, 0) is 12.0 Å².